The molecular formula is C16H12FNO2. The molecule has 0 spiro atoms. The molecule has 0 aliphatic heterocycles. The molecule has 3 nitrogen and oxygen atoms in total. The molecule has 3 aromatic rings. The van der Waals surface area contributed by atoms with E-state index in [0.717, 1.165) is 10.8 Å². The average Bonchev–Trinajstić information content (AvgIpc) is 2.49. The molecule has 0 bridgehead atoms. The van der Waals surface area contributed by atoms with Crippen LogP contribution in [0, 0.1) is 5.82 Å². The van der Waals surface area contributed by atoms with E-state index < -0.39 is 5.82 Å². The van der Waals surface area contributed by atoms with Gasteiger partial charge in [-0.05, 0) is 29.0 Å². The lowest BCUT2D eigenvalue weighted by Crippen LogP contribution is -1.97. The lowest BCUT2D eigenvalue weighted by Gasteiger charge is -2.08. The van der Waals surface area contributed by atoms with E-state index in [4.69, 9.17) is 9.84 Å². The molecule has 1 N–H and O–H groups in total. The van der Waals surface area contributed by atoms with Crippen molar-refractivity contribution in [1.29, 1.82) is 0 Å². The maximum atomic E-state index is 13.9. The molecule has 0 aliphatic rings. The summed E-state index contributed by atoms with van der Waals surface area (Å²) in [5.41, 5.74) is 0.163. The Morgan fingerprint density at radius 2 is 1.85 bits per heavy atom. The summed E-state index contributed by atoms with van der Waals surface area (Å²) < 4.78 is 19.4. The van der Waals surface area contributed by atoms with Crippen LogP contribution in [-0.2, 0) is 6.61 Å². The number of fused-ring (bicyclic) bond motifs is 1. The normalized spacial score (nSPS) is 10.7. The van der Waals surface area contributed by atoms with Gasteiger partial charge in [-0.2, -0.15) is 0 Å². The minimum Gasteiger partial charge on any atom is -0.436 e. The predicted octanol–water partition coefficient (Wildman–Crippen LogP) is 3.66. The third-order valence-electron chi connectivity index (χ3n) is 3.04. The summed E-state index contributed by atoms with van der Waals surface area (Å²) >= 11 is 0. The highest BCUT2D eigenvalue weighted by Crippen LogP contribution is 2.27. The van der Waals surface area contributed by atoms with Gasteiger partial charge in [0.2, 0.25) is 0 Å². The molecule has 0 saturated carbocycles. The quantitative estimate of drug-likeness (QED) is 0.789. The maximum Gasteiger partial charge on any atom is 0.256 e. The summed E-state index contributed by atoms with van der Waals surface area (Å²) in [5, 5.41) is 11.1. The van der Waals surface area contributed by atoms with E-state index in [0.29, 0.717) is 5.75 Å². The van der Waals surface area contributed by atoms with Crippen molar-refractivity contribution in [1.82, 2.24) is 4.98 Å². The smallest absolute Gasteiger partial charge is 0.256 e. The highest BCUT2D eigenvalue weighted by molar-refractivity contribution is 5.83. The second-order valence-electron chi connectivity index (χ2n) is 4.36. The number of hydrogen-bond donors (Lipinski definition) is 1. The third-order valence-corrected chi connectivity index (χ3v) is 3.04. The summed E-state index contributed by atoms with van der Waals surface area (Å²) in [6, 6.07) is 14.7. The van der Waals surface area contributed by atoms with E-state index in [1.54, 1.807) is 6.07 Å². The Bertz CT molecular complexity index is 758. The largest absolute Gasteiger partial charge is 0.436 e. The van der Waals surface area contributed by atoms with Crippen molar-refractivity contribution in [2.24, 2.45) is 0 Å². The molecule has 1 aromatic heterocycles. The van der Waals surface area contributed by atoms with Crippen molar-refractivity contribution in [3.63, 3.8) is 0 Å². The van der Waals surface area contributed by atoms with Crippen LogP contribution >= 0.6 is 0 Å². The van der Waals surface area contributed by atoms with Crippen molar-refractivity contribution in [2.75, 3.05) is 0 Å². The number of benzene rings is 2. The molecule has 1 heterocycles. The van der Waals surface area contributed by atoms with Crippen LogP contribution in [0.25, 0.3) is 10.8 Å². The van der Waals surface area contributed by atoms with Gasteiger partial charge in [0.1, 0.15) is 5.75 Å². The molecule has 20 heavy (non-hydrogen) atoms. The number of aliphatic hydroxyl groups is 1. The van der Waals surface area contributed by atoms with Crippen molar-refractivity contribution in [2.45, 2.75) is 6.61 Å². The van der Waals surface area contributed by atoms with Gasteiger partial charge in [0.25, 0.3) is 5.88 Å². The number of ether oxygens (including phenoxy) is 1. The zero-order valence-electron chi connectivity index (χ0n) is 10.6. The molecule has 0 fully saturated rings. The zero-order chi connectivity index (χ0) is 13.9. The summed E-state index contributed by atoms with van der Waals surface area (Å²) in [4.78, 5) is 3.85. The Balaban J connectivity index is 1.97. The second-order valence-corrected chi connectivity index (χ2v) is 4.36. The first kappa shape index (κ1) is 12.6. The van der Waals surface area contributed by atoms with Gasteiger partial charge in [-0.3, -0.25) is 0 Å². The molecular weight excluding hydrogens is 257 g/mol. The Labute approximate surface area is 115 Å². The standard InChI is InChI=1S/C16H12FNO2/c17-15-13(10-19)7-8-18-16(15)20-14-6-5-11-3-1-2-4-12(11)9-14/h1-9,19H,10H2. The number of halogens is 1. The van der Waals surface area contributed by atoms with E-state index in [2.05, 4.69) is 4.98 Å². The van der Waals surface area contributed by atoms with Gasteiger partial charge in [-0.15, -0.1) is 0 Å². The summed E-state index contributed by atoms with van der Waals surface area (Å²) in [6.45, 7) is -0.386. The number of aliphatic hydroxyl groups excluding tert-OH is 1. The van der Waals surface area contributed by atoms with Crippen molar-refractivity contribution < 1.29 is 14.2 Å². The van der Waals surface area contributed by atoms with E-state index in [1.807, 2.05) is 36.4 Å². The highest BCUT2D eigenvalue weighted by Gasteiger charge is 2.11. The van der Waals surface area contributed by atoms with Crippen molar-refractivity contribution >= 4 is 10.8 Å². The molecule has 0 aliphatic carbocycles. The number of rotatable bonds is 3. The maximum absolute atomic E-state index is 13.9. The fraction of sp³-hybridized carbons (Fsp3) is 0.0625. The van der Waals surface area contributed by atoms with Gasteiger partial charge in [0, 0.05) is 11.8 Å². The molecule has 4 heteroatoms. The van der Waals surface area contributed by atoms with Gasteiger partial charge < -0.3 is 9.84 Å². The van der Waals surface area contributed by atoms with E-state index in [9.17, 15) is 4.39 Å². The van der Waals surface area contributed by atoms with Gasteiger partial charge in [0.15, 0.2) is 5.82 Å². The third kappa shape index (κ3) is 2.33. The number of hydrogen-bond acceptors (Lipinski definition) is 3. The van der Waals surface area contributed by atoms with Crippen LogP contribution in [0.2, 0.25) is 0 Å². The first-order valence-electron chi connectivity index (χ1n) is 6.19. The molecule has 0 radical (unpaired) electrons. The molecule has 100 valence electrons. The molecule has 0 atom stereocenters. The zero-order valence-corrected chi connectivity index (χ0v) is 10.6. The fourth-order valence-electron chi connectivity index (χ4n) is 2.00. The molecule has 3 rings (SSSR count). The molecule has 0 saturated heterocycles. The van der Waals surface area contributed by atoms with Crippen LogP contribution in [0.5, 0.6) is 11.6 Å². The summed E-state index contributed by atoms with van der Waals surface area (Å²) in [7, 11) is 0. The van der Waals surface area contributed by atoms with Gasteiger partial charge in [0.05, 0.1) is 6.61 Å². The minimum atomic E-state index is -0.636. The van der Waals surface area contributed by atoms with Gasteiger partial charge >= 0.3 is 0 Å². The van der Waals surface area contributed by atoms with Gasteiger partial charge in [-0.1, -0.05) is 30.3 Å². The van der Waals surface area contributed by atoms with E-state index >= 15 is 0 Å². The Morgan fingerprint density at radius 1 is 1.05 bits per heavy atom. The minimum absolute atomic E-state index is 0.133. The fourth-order valence-corrected chi connectivity index (χ4v) is 2.00. The lowest BCUT2D eigenvalue weighted by molar-refractivity contribution is 0.273. The summed E-state index contributed by atoms with van der Waals surface area (Å²) in [5.74, 6) is -0.264. The number of aromatic nitrogens is 1. The Hall–Kier alpha value is -2.46. The van der Waals surface area contributed by atoms with E-state index in [1.165, 1.54) is 12.3 Å². The van der Waals surface area contributed by atoms with Crippen molar-refractivity contribution in [3.05, 3.63) is 66.1 Å². The van der Waals surface area contributed by atoms with Crippen LogP contribution in [0.1, 0.15) is 5.56 Å². The lowest BCUT2D eigenvalue weighted by atomic mass is 10.1. The van der Waals surface area contributed by atoms with Crippen LogP contribution in [0.4, 0.5) is 4.39 Å². The molecule has 0 amide bonds. The highest BCUT2D eigenvalue weighted by atomic mass is 19.1. The molecule has 0 unspecified atom stereocenters. The van der Waals surface area contributed by atoms with Crippen LogP contribution in [0.15, 0.2) is 54.7 Å². The predicted molar refractivity (Wildman–Crippen MR) is 74.1 cm³/mol. The first-order valence-corrected chi connectivity index (χ1v) is 6.19. The number of pyridine rings is 1. The van der Waals surface area contributed by atoms with E-state index in [-0.39, 0.29) is 18.1 Å². The van der Waals surface area contributed by atoms with Crippen LogP contribution < -0.4 is 4.74 Å². The number of nitrogens with zero attached hydrogens (tertiary/aromatic N) is 1. The first-order chi connectivity index (χ1) is 9.78. The topological polar surface area (TPSA) is 42.4 Å². The second kappa shape index (κ2) is 5.27. The van der Waals surface area contributed by atoms with Crippen LogP contribution in [-0.4, -0.2) is 10.1 Å². The Morgan fingerprint density at radius 3 is 2.65 bits per heavy atom. The summed E-state index contributed by atoms with van der Waals surface area (Å²) in [6.07, 6.45) is 1.41. The SMILES string of the molecule is OCc1ccnc(Oc2ccc3ccccc3c2)c1F. The Kier molecular flexibility index (Phi) is 3.31. The molecule has 2 aromatic carbocycles. The van der Waals surface area contributed by atoms with Crippen molar-refractivity contribution in [3.8, 4) is 11.6 Å². The van der Waals surface area contributed by atoms with Crippen LogP contribution in [0.3, 0.4) is 0 Å². The van der Waals surface area contributed by atoms with Gasteiger partial charge in [-0.25, -0.2) is 9.37 Å². The monoisotopic (exact) mass is 269 g/mol. The average molecular weight is 269 g/mol.